The molecular formula is C27H31F3N4O5. The van der Waals surface area contributed by atoms with Crippen molar-refractivity contribution in [3.05, 3.63) is 52.3 Å². The van der Waals surface area contributed by atoms with Crippen LogP contribution in [0, 0.1) is 12.8 Å². The molecule has 2 aromatic rings. The number of hydrogen-bond acceptors (Lipinski definition) is 5. The molecule has 2 bridgehead atoms. The molecule has 3 aliphatic heterocycles. The molecule has 2 unspecified atom stereocenters. The van der Waals surface area contributed by atoms with Crippen LogP contribution in [0.2, 0.25) is 0 Å². The lowest BCUT2D eigenvalue weighted by atomic mass is 9.78. The minimum absolute atomic E-state index is 0.126. The van der Waals surface area contributed by atoms with Crippen molar-refractivity contribution >= 4 is 18.0 Å². The van der Waals surface area contributed by atoms with E-state index >= 15 is 0 Å². The van der Waals surface area contributed by atoms with E-state index in [4.69, 9.17) is 4.74 Å². The molecule has 2 atom stereocenters. The molecule has 2 amide bonds. The number of hydrogen-bond donors (Lipinski definition) is 1. The predicted molar refractivity (Wildman–Crippen MR) is 132 cm³/mol. The molecule has 3 aliphatic rings. The number of carbonyl (C=O) groups excluding carboxylic acids is 2. The van der Waals surface area contributed by atoms with Crippen molar-refractivity contribution in [3.63, 3.8) is 0 Å². The van der Waals surface area contributed by atoms with Gasteiger partial charge in [-0.3, -0.25) is 14.3 Å². The zero-order valence-electron chi connectivity index (χ0n) is 21.6. The van der Waals surface area contributed by atoms with Gasteiger partial charge in [0.05, 0.1) is 23.7 Å². The van der Waals surface area contributed by atoms with Gasteiger partial charge in [-0.1, -0.05) is 11.6 Å². The molecule has 0 radical (unpaired) electrons. The second-order valence-electron chi connectivity index (χ2n) is 10.7. The molecule has 2 saturated heterocycles. The van der Waals surface area contributed by atoms with Crippen molar-refractivity contribution in [3.8, 4) is 0 Å². The summed E-state index contributed by atoms with van der Waals surface area (Å²) in [6, 6.07) is 4.99. The second-order valence-corrected chi connectivity index (χ2v) is 10.7. The topological polar surface area (TPSA) is 105 Å². The number of aliphatic carboxylic acids is 1. The van der Waals surface area contributed by atoms with Crippen LogP contribution in [0.15, 0.2) is 24.3 Å². The third-order valence-corrected chi connectivity index (χ3v) is 7.88. The molecule has 5 rings (SSSR count). The Kier molecular flexibility index (Phi) is 7.30. The van der Waals surface area contributed by atoms with Crippen molar-refractivity contribution in [2.75, 3.05) is 6.54 Å². The Balaban J connectivity index is 1.25. The van der Waals surface area contributed by atoms with Crippen LogP contribution in [0.1, 0.15) is 71.4 Å². The maximum atomic E-state index is 13.5. The highest BCUT2D eigenvalue weighted by molar-refractivity contribution is 5.93. The first-order chi connectivity index (χ1) is 18.5. The van der Waals surface area contributed by atoms with E-state index in [9.17, 15) is 32.7 Å². The molecule has 210 valence electrons. The number of amides is 2. The average Bonchev–Trinajstić information content (AvgIpc) is 3.16. The molecule has 1 aromatic heterocycles. The van der Waals surface area contributed by atoms with Crippen LogP contribution in [0.25, 0.3) is 0 Å². The van der Waals surface area contributed by atoms with Crippen LogP contribution in [0.4, 0.5) is 18.0 Å². The molecule has 1 aromatic carbocycles. The quantitative estimate of drug-likeness (QED) is 0.599. The third-order valence-electron chi connectivity index (χ3n) is 7.88. The summed E-state index contributed by atoms with van der Waals surface area (Å²) in [6.45, 7) is 2.27. The van der Waals surface area contributed by atoms with Gasteiger partial charge in [0.1, 0.15) is 6.61 Å². The van der Waals surface area contributed by atoms with Gasteiger partial charge >= 0.3 is 18.2 Å². The van der Waals surface area contributed by atoms with Crippen LogP contribution in [-0.2, 0) is 35.4 Å². The van der Waals surface area contributed by atoms with E-state index in [0.29, 0.717) is 43.6 Å². The number of nitrogens with zero attached hydrogens (tertiary/aromatic N) is 4. The Hall–Kier alpha value is -3.57. The standard InChI is InChI=1S/C27H31F3N4O5/c1-16-8-17(10-19(9-16)27(28,29)30)15-39-26(38)32-6-3-7-33-22(14-32)13-23(31-33)24(35)34-20-4-2-5-21(34)12-18(11-20)25(36)37/h8-10,13,18,20-21H,2-7,11-12,14-15H2,1H3,(H,36,37). The molecule has 9 nitrogen and oxygen atoms in total. The number of aryl methyl sites for hydroxylation is 2. The molecule has 12 heteroatoms. The van der Waals surface area contributed by atoms with Crippen molar-refractivity contribution in [1.82, 2.24) is 19.6 Å². The Morgan fingerprint density at radius 1 is 1.05 bits per heavy atom. The van der Waals surface area contributed by atoms with Gasteiger partial charge in [-0.05, 0) is 69.2 Å². The number of halogens is 3. The molecule has 0 aliphatic carbocycles. The first-order valence-electron chi connectivity index (χ1n) is 13.2. The molecule has 39 heavy (non-hydrogen) atoms. The highest BCUT2D eigenvalue weighted by Crippen LogP contribution is 2.38. The van der Waals surface area contributed by atoms with Gasteiger partial charge in [-0.25, -0.2) is 4.79 Å². The van der Waals surface area contributed by atoms with Crippen LogP contribution >= 0.6 is 0 Å². The van der Waals surface area contributed by atoms with Gasteiger partial charge in [0.15, 0.2) is 5.69 Å². The molecular weight excluding hydrogens is 517 g/mol. The first-order valence-corrected chi connectivity index (χ1v) is 13.2. The van der Waals surface area contributed by atoms with Gasteiger partial charge in [0, 0.05) is 25.2 Å². The number of fused-ring (bicyclic) bond motifs is 3. The minimum Gasteiger partial charge on any atom is -0.481 e. The number of carboxylic acid groups (broad SMARTS) is 1. The lowest BCUT2D eigenvalue weighted by Gasteiger charge is -2.47. The molecule has 0 saturated carbocycles. The van der Waals surface area contributed by atoms with E-state index in [1.165, 1.54) is 4.90 Å². The van der Waals surface area contributed by atoms with E-state index in [0.717, 1.165) is 31.4 Å². The van der Waals surface area contributed by atoms with Gasteiger partial charge in [0.25, 0.3) is 5.91 Å². The number of alkyl halides is 3. The summed E-state index contributed by atoms with van der Waals surface area (Å²) in [5.41, 5.74) is 0.808. The molecule has 0 spiro atoms. The van der Waals surface area contributed by atoms with Crippen molar-refractivity contribution in [1.29, 1.82) is 0 Å². The summed E-state index contributed by atoms with van der Waals surface area (Å²) >= 11 is 0. The normalized spacial score (nSPS) is 23.1. The maximum absolute atomic E-state index is 13.5. The van der Waals surface area contributed by atoms with Crippen molar-refractivity contribution < 1.29 is 37.4 Å². The van der Waals surface area contributed by atoms with Gasteiger partial charge < -0.3 is 19.6 Å². The van der Waals surface area contributed by atoms with E-state index in [1.54, 1.807) is 23.7 Å². The van der Waals surface area contributed by atoms with E-state index < -0.39 is 29.7 Å². The molecule has 4 heterocycles. The third kappa shape index (κ3) is 5.74. The fourth-order valence-corrected chi connectivity index (χ4v) is 6.12. The van der Waals surface area contributed by atoms with Gasteiger partial charge in [-0.15, -0.1) is 0 Å². The number of piperidine rings is 2. The zero-order chi connectivity index (χ0) is 27.9. The molecule has 1 N–H and O–H groups in total. The average molecular weight is 549 g/mol. The highest BCUT2D eigenvalue weighted by Gasteiger charge is 2.44. The highest BCUT2D eigenvalue weighted by atomic mass is 19.4. The number of ether oxygens (including phenoxy) is 1. The number of carboxylic acids is 1. The summed E-state index contributed by atoms with van der Waals surface area (Å²) in [7, 11) is 0. The SMILES string of the molecule is Cc1cc(COC(=O)N2CCCn3nc(C(=O)N4C5CCCC4CC(C(=O)O)C5)cc3C2)cc(C(F)(F)F)c1. The van der Waals surface area contributed by atoms with E-state index in [2.05, 4.69) is 5.10 Å². The van der Waals surface area contributed by atoms with E-state index in [-0.39, 0.29) is 42.4 Å². The van der Waals surface area contributed by atoms with E-state index in [1.807, 2.05) is 4.90 Å². The van der Waals surface area contributed by atoms with Gasteiger partial charge in [0.2, 0.25) is 0 Å². The first kappa shape index (κ1) is 27.0. The van der Waals surface area contributed by atoms with Crippen LogP contribution < -0.4 is 0 Å². The monoisotopic (exact) mass is 548 g/mol. The van der Waals surface area contributed by atoms with Crippen LogP contribution in [0.3, 0.4) is 0 Å². The van der Waals surface area contributed by atoms with Crippen LogP contribution in [-0.4, -0.2) is 61.3 Å². The Bertz CT molecular complexity index is 1260. The number of rotatable bonds is 4. The number of aromatic nitrogens is 2. The summed E-state index contributed by atoms with van der Waals surface area (Å²) in [5, 5.41) is 14.0. The van der Waals surface area contributed by atoms with Crippen molar-refractivity contribution in [2.24, 2.45) is 5.92 Å². The fourth-order valence-electron chi connectivity index (χ4n) is 6.12. The molecule has 2 fully saturated rings. The largest absolute Gasteiger partial charge is 0.481 e. The summed E-state index contributed by atoms with van der Waals surface area (Å²) in [5.74, 6) is -1.48. The zero-order valence-corrected chi connectivity index (χ0v) is 21.6. The summed E-state index contributed by atoms with van der Waals surface area (Å²) in [6.07, 6.45) is -1.20. The lowest BCUT2D eigenvalue weighted by Crippen LogP contribution is -2.55. The number of carbonyl (C=O) groups is 3. The Morgan fingerprint density at radius 2 is 1.77 bits per heavy atom. The maximum Gasteiger partial charge on any atom is 0.416 e. The number of benzene rings is 1. The summed E-state index contributed by atoms with van der Waals surface area (Å²) in [4.78, 5) is 41.2. The minimum atomic E-state index is -4.49. The Labute approximate surface area is 223 Å². The smallest absolute Gasteiger partial charge is 0.416 e. The van der Waals surface area contributed by atoms with Gasteiger partial charge in [-0.2, -0.15) is 18.3 Å². The van der Waals surface area contributed by atoms with Crippen LogP contribution in [0.5, 0.6) is 0 Å². The Morgan fingerprint density at radius 3 is 2.44 bits per heavy atom. The second kappa shape index (κ2) is 10.5. The lowest BCUT2D eigenvalue weighted by molar-refractivity contribution is -0.145. The van der Waals surface area contributed by atoms with Crippen molar-refractivity contribution in [2.45, 2.75) is 83.4 Å². The summed E-state index contributed by atoms with van der Waals surface area (Å²) < 4.78 is 46.5. The predicted octanol–water partition coefficient (Wildman–Crippen LogP) is 4.61. The fraction of sp³-hybridized carbons (Fsp3) is 0.556.